The van der Waals surface area contributed by atoms with Crippen LogP contribution in [0.4, 0.5) is 0 Å². The van der Waals surface area contributed by atoms with E-state index in [0.717, 1.165) is 0 Å². The summed E-state index contributed by atoms with van der Waals surface area (Å²) >= 11 is 0. The number of nitrogens with one attached hydrogen (secondary N) is 1. The fraction of sp³-hybridized carbons (Fsp3) is 0.583. The molecule has 1 saturated heterocycles. The highest BCUT2D eigenvalue weighted by Gasteiger charge is 2.27. The molecule has 0 radical (unpaired) electrons. The van der Waals surface area contributed by atoms with Gasteiger partial charge in [-0.15, -0.1) is 0 Å². The zero-order valence-corrected chi connectivity index (χ0v) is 11.1. The molecule has 1 rings (SSSR count). The lowest BCUT2D eigenvalue weighted by Crippen LogP contribution is -2.30. The third kappa shape index (κ3) is 3.88. The van der Waals surface area contributed by atoms with Crippen molar-refractivity contribution < 1.29 is 19.1 Å². The van der Waals surface area contributed by atoms with Gasteiger partial charge in [0, 0.05) is 13.1 Å². The van der Waals surface area contributed by atoms with Crippen LogP contribution in [0.5, 0.6) is 0 Å². The van der Waals surface area contributed by atoms with Crippen molar-refractivity contribution in [1.29, 1.82) is 5.26 Å². The van der Waals surface area contributed by atoms with Crippen molar-refractivity contribution in [2.24, 2.45) is 0 Å². The molecule has 0 aromatic rings. The van der Waals surface area contributed by atoms with E-state index in [-0.39, 0.29) is 18.7 Å². The second-order valence-corrected chi connectivity index (χ2v) is 3.71. The molecule has 1 aliphatic heterocycles. The maximum atomic E-state index is 11.6. The summed E-state index contributed by atoms with van der Waals surface area (Å²) in [5, 5.41) is 12.0. The molecule has 1 heterocycles. The van der Waals surface area contributed by atoms with Crippen molar-refractivity contribution >= 4 is 11.9 Å². The van der Waals surface area contributed by atoms with Gasteiger partial charge in [0.1, 0.15) is 18.4 Å². The Kier molecular flexibility index (Phi) is 5.67. The Hall–Kier alpha value is -2.23. The Morgan fingerprint density at radius 1 is 1.37 bits per heavy atom. The molecule has 1 aliphatic rings. The van der Waals surface area contributed by atoms with Crippen LogP contribution < -0.4 is 5.32 Å². The van der Waals surface area contributed by atoms with Gasteiger partial charge < -0.3 is 19.7 Å². The summed E-state index contributed by atoms with van der Waals surface area (Å²) in [6, 6.07) is 1.81. The van der Waals surface area contributed by atoms with Crippen LogP contribution in [-0.2, 0) is 19.1 Å². The Morgan fingerprint density at radius 3 is 2.63 bits per heavy atom. The molecule has 0 atom stereocenters. The summed E-state index contributed by atoms with van der Waals surface area (Å²) in [5.74, 6) is -0.762. The van der Waals surface area contributed by atoms with Crippen molar-refractivity contribution in [2.45, 2.75) is 13.8 Å². The number of ether oxygens (including phenoxy) is 2. The van der Waals surface area contributed by atoms with Gasteiger partial charge in [-0.3, -0.25) is 4.79 Å². The van der Waals surface area contributed by atoms with Crippen molar-refractivity contribution in [2.75, 3.05) is 32.8 Å². The van der Waals surface area contributed by atoms with Gasteiger partial charge in [-0.2, -0.15) is 5.26 Å². The van der Waals surface area contributed by atoms with Crippen LogP contribution in [0.1, 0.15) is 13.8 Å². The highest BCUT2D eigenvalue weighted by Crippen LogP contribution is 2.13. The second-order valence-electron chi connectivity index (χ2n) is 3.71. The SMILES string of the molecule is CCOC(=O)CN1CCN/C1=C(/C#N)C(=O)OCC. The number of esters is 2. The first kappa shape index (κ1) is 14.8. The minimum Gasteiger partial charge on any atom is -0.465 e. The predicted molar refractivity (Wildman–Crippen MR) is 65.5 cm³/mol. The van der Waals surface area contributed by atoms with E-state index in [1.165, 1.54) is 0 Å². The van der Waals surface area contributed by atoms with E-state index >= 15 is 0 Å². The van der Waals surface area contributed by atoms with Crippen LogP contribution in [0.25, 0.3) is 0 Å². The first-order chi connectivity index (χ1) is 9.13. The highest BCUT2D eigenvalue weighted by atomic mass is 16.5. The summed E-state index contributed by atoms with van der Waals surface area (Å²) in [5.41, 5.74) is -0.122. The van der Waals surface area contributed by atoms with Gasteiger partial charge in [0.15, 0.2) is 5.57 Å². The number of carbonyl (C=O) groups is 2. The molecular formula is C12H17N3O4. The topological polar surface area (TPSA) is 91.7 Å². The van der Waals surface area contributed by atoms with Crippen molar-refractivity contribution in [3.63, 3.8) is 0 Å². The Balaban J connectivity index is 2.86. The largest absolute Gasteiger partial charge is 0.465 e. The lowest BCUT2D eigenvalue weighted by atomic mass is 10.3. The summed E-state index contributed by atoms with van der Waals surface area (Å²) in [6.45, 7) is 4.95. The van der Waals surface area contributed by atoms with Crippen LogP contribution in [0, 0.1) is 11.3 Å². The van der Waals surface area contributed by atoms with E-state index in [0.29, 0.717) is 25.5 Å². The molecule has 1 N–H and O–H groups in total. The standard InChI is InChI=1S/C12H17N3O4/c1-3-18-10(16)8-15-6-5-14-11(15)9(7-13)12(17)19-4-2/h14H,3-6,8H2,1-2H3/b11-9+. The summed E-state index contributed by atoms with van der Waals surface area (Å²) in [4.78, 5) is 24.7. The van der Waals surface area contributed by atoms with E-state index in [1.54, 1.807) is 18.7 Å². The maximum absolute atomic E-state index is 11.6. The van der Waals surface area contributed by atoms with Crippen LogP contribution >= 0.6 is 0 Å². The Morgan fingerprint density at radius 2 is 2.05 bits per heavy atom. The van der Waals surface area contributed by atoms with Crippen LogP contribution in [0.15, 0.2) is 11.4 Å². The average Bonchev–Trinajstić information content (AvgIpc) is 2.79. The van der Waals surface area contributed by atoms with Crippen LogP contribution in [-0.4, -0.2) is 49.7 Å². The molecule has 0 spiro atoms. The van der Waals surface area contributed by atoms with E-state index in [1.807, 2.05) is 6.07 Å². The smallest absolute Gasteiger partial charge is 0.352 e. The molecule has 0 amide bonds. The van der Waals surface area contributed by atoms with Gasteiger partial charge in [0.05, 0.1) is 13.2 Å². The molecule has 0 aromatic heterocycles. The average molecular weight is 267 g/mol. The molecule has 7 heteroatoms. The molecule has 7 nitrogen and oxygen atoms in total. The van der Waals surface area contributed by atoms with Crippen LogP contribution in [0.2, 0.25) is 0 Å². The lowest BCUT2D eigenvalue weighted by Gasteiger charge is -2.18. The first-order valence-corrected chi connectivity index (χ1v) is 6.09. The quantitative estimate of drug-likeness (QED) is 0.417. The Bertz CT molecular complexity index is 425. The minimum absolute atomic E-state index is 0.000752. The van der Waals surface area contributed by atoms with Crippen molar-refractivity contribution in [3.8, 4) is 6.07 Å². The second kappa shape index (κ2) is 7.26. The summed E-state index contributed by atoms with van der Waals surface area (Å²) < 4.78 is 9.65. The Labute approximate surface area is 111 Å². The molecule has 104 valence electrons. The van der Waals surface area contributed by atoms with E-state index in [2.05, 4.69) is 5.32 Å². The zero-order valence-electron chi connectivity index (χ0n) is 11.1. The lowest BCUT2D eigenvalue weighted by molar-refractivity contribution is -0.144. The first-order valence-electron chi connectivity index (χ1n) is 6.09. The summed E-state index contributed by atoms with van der Waals surface area (Å²) in [7, 11) is 0. The zero-order chi connectivity index (χ0) is 14.3. The van der Waals surface area contributed by atoms with Gasteiger partial charge in [0.25, 0.3) is 0 Å². The predicted octanol–water partition coefficient (Wildman–Crippen LogP) is -0.247. The van der Waals surface area contributed by atoms with E-state index in [9.17, 15) is 9.59 Å². The number of nitriles is 1. The number of carbonyl (C=O) groups excluding carboxylic acids is 2. The van der Waals surface area contributed by atoms with Crippen molar-refractivity contribution in [3.05, 3.63) is 11.4 Å². The van der Waals surface area contributed by atoms with Crippen molar-refractivity contribution in [1.82, 2.24) is 10.2 Å². The van der Waals surface area contributed by atoms with Gasteiger partial charge in [-0.05, 0) is 13.8 Å². The molecule has 0 aliphatic carbocycles. The number of rotatable bonds is 5. The molecule has 19 heavy (non-hydrogen) atoms. The molecular weight excluding hydrogens is 250 g/mol. The third-order valence-corrected chi connectivity index (χ3v) is 2.44. The molecule has 0 bridgehead atoms. The fourth-order valence-electron chi connectivity index (χ4n) is 1.70. The maximum Gasteiger partial charge on any atom is 0.352 e. The molecule has 1 fully saturated rings. The fourth-order valence-corrected chi connectivity index (χ4v) is 1.70. The normalized spacial score (nSPS) is 16.4. The monoisotopic (exact) mass is 267 g/mol. The number of nitrogens with zero attached hydrogens (tertiary/aromatic N) is 2. The summed E-state index contributed by atoms with van der Waals surface area (Å²) in [6.07, 6.45) is 0. The van der Waals surface area contributed by atoms with Gasteiger partial charge in [0.2, 0.25) is 0 Å². The van der Waals surface area contributed by atoms with Gasteiger partial charge >= 0.3 is 11.9 Å². The highest BCUT2D eigenvalue weighted by molar-refractivity contribution is 5.93. The number of hydrogen-bond acceptors (Lipinski definition) is 7. The van der Waals surface area contributed by atoms with E-state index < -0.39 is 11.9 Å². The molecule has 0 aromatic carbocycles. The van der Waals surface area contributed by atoms with Gasteiger partial charge in [-0.1, -0.05) is 0 Å². The minimum atomic E-state index is -0.691. The van der Waals surface area contributed by atoms with Crippen LogP contribution in [0.3, 0.4) is 0 Å². The van der Waals surface area contributed by atoms with E-state index in [4.69, 9.17) is 14.7 Å². The molecule has 0 saturated carbocycles. The van der Waals surface area contributed by atoms with Gasteiger partial charge in [-0.25, -0.2) is 4.79 Å². The molecule has 0 unspecified atom stereocenters. The third-order valence-electron chi connectivity index (χ3n) is 2.44. The number of hydrogen-bond donors (Lipinski definition) is 1.